The van der Waals surface area contributed by atoms with Gasteiger partial charge in [0.25, 0.3) is 0 Å². The molecule has 4 nitrogen and oxygen atoms in total. The summed E-state index contributed by atoms with van der Waals surface area (Å²) in [6.45, 7) is 6.79. The second-order valence-electron chi connectivity index (χ2n) is 2.32. The van der Waals surface area contributed by atoms with Gasteiger partial charge in [-0.25, -0.2) is 0 Å². The molecule has 0 radical (unpaired) electrons. The molecule has 0 spiro atoms. The number of carbonyl (C=O) groups is 2. The van der Waals surface area contributed by atoms with Crippen LogP contribution >= 0.6 is 13.6 Å². The summed E-state index contributed by atoms with van der Waals surface area (Å²) in [6, 6.07) is 0. The minimum atomic E-state index is -2.82. The molecule has 0 saturated heterocycles. The van der Waals surface area contributed by atoms with Crippen LogP contribution in [0.3, 0.4) is 0 Å². The molecule has 0 N–H and O–H groups in total. The van der Waals surface area contributed by atoms with E-state index in [0.717, 1.165) is 0 Å². The average Bonchev–Trinajstić information content (AvgIpc) is 1.83. The Kier molecular flexibility index (Phi) is 12.1. The third-order valence-electron chi connectivity index (χ3n) is 0.633. The maximum absolute atomic E-state index is 10.2. The van der Waals surface area contributed by atoms with Crippen molar-refractivity contribution in [1.82, 2.24) is 0 Å². The van der Waals surface area contributed by atoms with Gasteiger partial charge < -0.3 is 0 Å². The summed E-state index contributed by atoms with van der Waals surface area (Å²) in [4.78, 5) is 20.5. The molecule has 6 heteroatoms. The van der Waals surface area contributed by atoms with Crippen LogP contribution in [-0.4, -0.2) is 11.9 Å². The van der Waals surface area contributed by atoms with Crippen molar-refractivity contribution in [2.45, 2.75) is 34.1 Å². The van der Waals surface area contributed by atoms with Gasteiger partial charge in [-0.05, 0) is 0 Å². The van der Waals surface area contributed by atoms with Crippen molar-refractivity contribution < 1.29 is 31.4 Å². The molecule has 0 aromatic carbocycles. The number of hydrogen-bond donors (Lipinski definition) is 0. The Morgan fingerprint density at radius 3 is 1.54 bits per heavy atom. The van der Waals surface area contributed by atoms with Gasteiger partial charge in [-0.2, -0.15) is 0 Å². The first-order chi connectivity index (χ1) is 5.93. The fourth-order valence-corrected chi connectivity index (χ4v) is 5.16. The number of carbonyl (C=O) groups excluding carboxylic acids is 2. The summed E-state index contributed by atoms with van der Waals surface area (Å²) >= 11 is 0.179. The molecule has 0 aliphatic rings. The number of halogens is 1. The minimum absolute atomic E-state index is 0.418. The van der Waals surface area contributed by atoms with Gasteiger partial charge in [0.15, 0.2) is 0 Å². The van der Waals surface area contributed by atoms with Gasteiger partial charge in [0.1, 0.15) is 0 Å². The fraction of sp³-hybridized carbons (Fsp3) is 0.714. The Bertz CT molecular complexity index is 147. The largest absolute Gasteiger partial charge is 0.0656 e. The Morgan fingerprint density at radius 1 is 1.15 bits per heavy atom. The molecule has 0 amide bonds. The molecule has 0 aliphatic heterocycles. The summed E-state index contributed by atoms with van der Waals surface area (Å²) < 4.78 is 9.21. The second kappa shape index (κ2) is 10.1. The van der Waals surface area contributed by atoms with Gasteiger partial charge >= 0.3 is 70.8 Å². The molecule has 0 rings (SSSR count). The van der Waals surface area contributed by atoms with Crippen LogP contribution in [0.4, 0.5) is 0 Å². The maximum Gasteiger partial charge on any atom is -0.0590 e. The van der Waals surface area contributed by atoms with Crippen LogP contribution in [0.5, 0.6) is 0 Å². The second-order valence-corrected chi connectivity index (χ2v) is 9.69. The Hall–Kier alpha value is 0.0434. The van der Waals surface area contributed by atoms with Gasteiger partial charge in [-0.1, -0.05) is 20.3 Å². The summed E-state index contributed by atoms with van der Waals surface area (Å²) in [6.07, 6.45) is 1.25. The van der Waals surface area contributed by atoms with Crippen molar-refractivity contribution in [2.24, 2.45) is 0 Å². The van der Waals surface area contributed by atoms with Crippen molar-refractivity contribution in [3.63, 3.8) is 0 Å². The summed E-state index contributed by atoms with van der Waals surface area (Å²) in [5, 5.41) is 0. The third-order valence-corrected chi connectivity index (χ3v) is 5.67. The zero-order valence-electron chi connectivity index (χ0n) is 8.43. The molecule has 0 aliphatic carbocycles. The first-order valence-corrected chi connectivity index (χ1v) is 13.4. The standard InChI is InChI=1S/C3H8.2C2H4O2.BrH.Zn/c1-3-2;2*1-2(3)4;;/h3H2,1-2H3;2*1H3,(H,3,4);1H;/q;;;;+3/p-3. The van der Waals surface area contributed by atoms with E-state index in [1.54, 1.807) is 0 Å². The molecule has 0 unspecified atom stereocenters. The summed E-state index contributed by atoms with van der Waals surface area (Å²) in [7, 11) is 0. The summed E-state index contributed by atoms with van der Waals surface area (Å²) in [5.74, 6) is -0.837. The smallest absolute Gasteiger partial charge is 0.0590 e. The van der Waals surface area contributed by atoms with Crippen LogP contribution in [0.2, 0.25) is 0 Å². The van der Waals surface area contributed by atoms with Gasteiger partial charge in [-0.15, -0.1) is 0 Å². The molecule has 0 fully saturated rings. The molecule has 0 aromatic rings. The van der Waals surface area contributed by atoms with E-state index in [1.165, 1.54) is 20.3 Å². The quantitative estimate of drug-likeness (QED) is 0.735. The third kappa shape index (κ3) is 18.8. The predicted molar refractivity (Wildman–Crippen MR) is 48.4 cm³/mol. The van der Waals surface area contributed by atoms with Gasteiger partial charge in [0.05, 0.1) is 0 Å². The monoisotopic (exact) mass is 305 g/mol. The Balaban J connectivity index is 0. The van der Waals surface area contributed by atoms with Gasteiger partial charge in [-0.3, -0.25) is 0 Å². The SMILES string of the molecule is CC(=O)[O][Zn]([Br])[O]C(C)=O.CCC. The van der Waals surface area contributed by atoms with Gasteiger partial charge in [0.2, 0.25) is 0 Å². The predicted octanol–water partition coefficient (Wildman–Crippen LogP) is 2.29. The van der Waals surface area contributed by atoms with E-state index in [4.69, 9.17) is 0 Å². The van der Waals surface area contributed by atoms with E-state index < -0.39 is 26.7 Å². The molecular weight excluding hydrogens is 293 g/mol. The van der Waals surface area contributed by atoms with Crippen molar-refractivity contribution in [3.05, 3.63) is 0 Å². The molecule has 0 saturated carbocycles. The Morgan fingerprint density at radius 2 is 1.38 bits per heavy atom. The van der Waals surface area contributed by atoms with Crippen LogP contribution in [0, 0.1) is 0 Å². The molecule has 0 aromatic heterocycles. The van der Waals surface area contributed by atoms with E-state index in [9.17, 15) is 9.59 Å². The van der Waals surface area contributed by atoms with Crippen molar-refractivity contribution in [1.29, 1.82) is 0 Å². The fourth-order valence-electron chi connectivity index (χ4n) is 0.349. The van der Waals surface area contributed by atoms with Crippen LogP contribution in [0.15, 0.2) is 0 Å². The zero-order valence-corrected chi connectivity index (χ0v) is 13.0. The maximum atomic E-state index is 10.2. The number of rotatable bonds is 2. The topological polar surface area (TPSA) is 52.6 Å². The molecule has 0 heterocycles. The molecule has 75 valence electrons. The Labute approximate surface area is 91.0 Å². The van der Waals surface area contributed by atoms with E-state index in [2.05, 4.69) is 34.6 Å². The molecule has 13 heavy (non-hydrogen) atoms. The zero-order chi connectivity index (χ0) is 10.9. The van der Waals surface area contributed by atoms with E-state index >= 15 is 0 Å². The first kappa shape index (κ1) is 15.5. The van der Waals surface area contributed by atoms with E-state index in [-0.39, 0.29) is 0 Å². The summed E-state index contributed by atoms with van der Waals surface area (Å²) in [5.41, 5.74) is 0. The van der Waals surface area contributed by atoms with Crippen LogP contribution < -0.4 is 0 Å². The van der Waals surface area contributed by atoms with Crippen LogP contribution in [0.25, 0.3) is 0 Å². The van der Waals surface area contributed by atoms with Crippen molar-refractivity contribution >= 4 is 25.6 Å². The van der Waals surface area contributed by atoms with Gasteiger partial charge in [0, 0.05) is 0 Å². The van der Waals surface area contributed by atoms with E-state index in [1.807, 2.05) is 0 Å². The molecule has 0 bridgehead atoms. The molecule has 0 atom stereocenters. The normalized spacial score (nSPS) is 7.77. The average molecular weight is 307 g/mol. The molecular formula is C7H14BrO4Zn. The van der Waals surface area contributed by atoms with Crippen molar-refractivity contribution in [2.75, 3.05) is 0 Å². The number of hydrogen-bond acceptors (Lipinski definition) is 4. The van der Waals surface area contributed by atoms with Crippen LogP contribution in [0.1, 0.15) is 34.1 Å². The minimum Gasteiger partial charge on any atom is -0.0656 e. The van der Waals surface area contributed by atoms with E-state index in [0.29, 0.717) is 0 Å². The van der Waals surface area contributed by atoms with Crippen LogP contribution in [-0.2, 0) is 31.4 Å². The van der Waals surface area contributed by atoms with Crippen molar-refractivity contribution in [3.8, 4) is 0 Å². The first-order valence-electron chi connectivity index (χ1n) is 4.08.